The van der Waals surface area contributed by atoms with E-state index in [0.29, 0.717) is 10.2 Å². The molecule has 82 valence electrons. The van der Waals surface area contributed by atoms with Gasteiger partial charge < -0.3 is 9.47 Å². The minimum atomic E-state index is -0.340. The molecule has 0 aliphatic rings. The molecule has 0 unspecified atom stereocenters. The number of halogens is 1. The molecule has 0 aliphatic carbocycles. The van der Waals surface area contributed by atoms with Crippen LogP contribution >= 0.6 is 15.9 Å². The number of rotatable bonds is 3. The van der Waals surface area contributed by atoms with Crippen LogP contribution in [0.4, 0.5) is 0 Å². The molecule has 0 aromatic heterocycles. The molecule has 0 aliphatic heterocycles. The van der Waals surface area contributed by atoms with Crippen LogP contribution in [0.25, 0.3) is 0 Å². The second kappa shape index (κ2) is 5.16. The molecule has 0 N–H and O–H groups in total. The van der Waals surface area contributed by atoms with Crippen molar-refractivity contribution in [2.75, 3.05) is 0 Å². The van der Waals surface area contributed by atoms with E-state index in [1.54, 1.807) is 18.2 Å². The van der Waals surface area contributed by atoms with Crippen LogP contribution in [0.5, 0.6) is 11.5 Å². The SMILES string of the molecule is CC(=O)Oc1ccc(OC(C)C)cc1Br. The Morgan fingerprint density at radius 2 is 2.07 bits per heavy atom. The standard InChI is InChI=1S/C11H13BrO3/c1-7(2)14-9-4-5-11(10(12)6-9)15-8(3)13/h4-7H,1-3H3. The van der Waals surface area contributed by atoms with E-state index in [1.807, 2.05) is 13.8 Å². The second-order valence-corrected chi connectivity index (χ2v) is 4.21. The van der Waals surface area contributed by atoms with E-state index in [1.165, 1.54) is 6.92 Å². The Bertz CT molecular complexity index is 361. The predicted molar refractivity (Wildman–Crippen MR) is 61.2 cm³/mol. The summed E-state index contributed by atoms with van der Waals surface area (Å²) in [5.41, 5.74) is 0. The monoisotopic (exact) mass is 272 g/mol. The van der Waals surface area contributed by atoms with Crippen molar-refractivity contribution >= 4 is 21.9 Å². The maximum Gasteiger partial charge on any atom is 0.308 e. The van der Waals surface area contributed by atoms with Gasteiger partial charge in [0.15, 0.2) is 0 Å². The fourth-order valence-corrected chi connectivity index (χ4v) is 1.50. The molecule has 0 saturated carbocycles. The fourth-order valence-electron chi connectivity index (χ4n) is 1.06. The first-order valence-electron chi connectivity index (χ1n) is 4.63. The number of carbonyl (C=O) groups is 1. The molecular weight excluding hydrogens is 260 g/mol. The van der Waals surface area contributed by atoms with Crippen molar-refractivity contribution in [3.8, 4) is 11.5 Å². The minimum absolute atomic E-state index is 0.122. The molecule has 0 saturated heterocycles. The van der Waals surface area contributed by atoms with E-state index >= 15 is 0 Å². The summed E-state index contributed by atoms with van der Waals surface area (Å²) in [5.74, 6) is 0.902. The van der Waals surface area contributed by atoms with Gasteiger partial charge in [-0.25, -0.2) is 0 Å². The maximum absolute atomic E-state index is 10.8. The van der Waals surface area contributed by atoms with Crippen LogP contribution in [0.1, 0.15) is 20.8 Å². The molecule has 0 heterocycles. The third-order valence-electron chi connectivity index (χ3n) is 1.53. The zero-order valence-corrected chi connectivity index (χ0v) is 10.5. The number of carbonyl (C=O) groups excluding carboxylic acids is 1. The summed E-state index contributed by atoms with van der Waals surface area (Å²) >= 11 is 3.31. The average molecular weight is 273 g/mol. The van der Waals surface area contributed by atoms with Crippen LogP contribution in [0.2, 0.25) is 0 Å². The van der Waals surface area contributed by atoms with Gasteiger partial charge in [-0.1, -0.05) is 0 Å². The second-order valence-electron chi connectivity index (χ2n) is 3.35. The summed E-state index contributed by atoms with van der Waals surface area (Å²) in [5, 5.41) is 0. The van der Waals surface area contributed by atoms with E-state index in [2.05, 4.69) is 15.9 Å². The zero-order valence-electron chi connectivity index (χ0n) is 8.91. The van der Waals surface area contributed by atoms with Gasteiger partial charge in [0.05, 0.1) is 10.6 Å². The van der Waals surface area contributed by atoms with E-state index in [-0.39, 0.29) is 12.1 Å². The van der Waals surface area contributed by atoms with Gasteiger partial charge in [-0.05, 0) is 48.0 Å². The highest BCUT2D eigenvalue weighted by Gasteiger charge is 2.06. The fraction of sp³-hybridized carbons (Fsp3) is 0.364. The Balaban J connectivity index is 2.83. The van der Waals surface area contributed by atoms with Crippen LogP contribution < -0.4 is 9.47 Å². The van der Waals surface area contributed by atoms with Crippen LogP contribution in [0.15, 0.2) is 22.7 Å². The summed E-state index contributed by atoms with van der Waals surface area (Å²) in [4.78, 5) is 10.8. The molecule has 3 nitrogen and oxygen atoms in total. The molecule has 1 rings (SSSR count). The molecule has 15 heavy (non-hydrogen) atoms. The third kappa shape index (κ3) is 3.91. The lowest BCUT2D eigenvalue weighted by Gasteiger charge is -2.11. The first kappa shape index (κ1) is 12.0. The summed E-state index contributed by atoms with van der Waals surface area (Å²) in [6, 6.07) is 5.24. The maximum atomic E-state index is 10.8. The molecule has 1 aromatic carbocycles. The van der Waals surface area contributed by atoms with Crippen LogP contribution in [-0.2, 0) is 4.79 Å². The first-order chi connectivity index (χ1) is 6.99. The lowest BCUT2D eigenvalue weighted by Crippen LogP contribution is -2.06. The lowest BCUT2D eigenvalue weighted by atomic mass is 10.3. The zero-order chi connectivity index (χ0) is 11.4. The molecule has 4 heteroatoms. The van der Waals surface area contributed by atoms with Crippen LogP contribution in [0.3, 0.4) is 0 Å². The molecule has 0 atom stereocenters. The molecule has 0 spiro atoms. The number of hydrogen-bond acceptors (Lipinski definition) is 3. The molecule has 0 fully saturated rings. The highest BCUT2D eigenvalue weighted by Crippen LogP contribution is 2.29. The van der Waals surface area contributed by atoms with Crippen molar-refractivity contribution in [1.82, 2.24) is 0 Å². The summed E-state index contributed by atoms with van der Waals surface area (Å²) < 4.78 is 11.2. The summed E-state index contributed by atoms with van der Waals surface area (Å²) in [6.07, 6.45) is 0.122. The molecular formula is C11H13BrO3. The summed E-state index contributed by atoms with van der Waals surface area (Å²) in [6.45, 7) is 5.27. The van der Waals surface area contributed by atoms with Gasteiger partial charge in [0, 0.05) is 6.92 Å². The van der Waals surface area contributed by atoms with E-state index in [0.717, 1.165) is 5.75 Å². The Morgan fingerprint density at radius 3 is 2.53 bits per heavy atom. The van der Waals surface area contributed by atoms with Crippen molar-refractivity contribution in [1.29, 1.82) is 0 Å². The first-order valence-corrected chi connectivity index (χ1v) is 5.43. The van der Waals surface area contributed by atoms with Gasteiger partial charge in [0.25, 0.3) is 0 Å². The topological polar surface area (TPSA) is 35.5 Å². The Hall–Kier alpha value is -1.03. The van der Waals surface area contributed by atoms with E-state index < -0.39 is 0 Å². The highest BCUT2D eigenvalue weighted by atomic mass is 79.9. The van der Waals surface area contributed by atoms with Crippen molar-refractivity contribution in [2.45, 2.75) is 26.9 Å². The van der Waals surface area contributed by atoms with Gasteiger partial charge in [-0.2, -0.15) is 0 Å². The average Bonchev–Trinajstić information content (AvgIpc) is 2.08. The quantitative estimate of drug-likeness (QED) is 0.626. The normalized spacial score (nSPS) is 10.2. The number of benzene rings is 1. The van der Waals surface area contributed by atoms with Crippen LogP contribution in [-0.4, -0.2) is 12.1 Å². The highest BCUT2D eigenvalue weighted by molar-refractivity contribution is 9.10. The Kier molecular flexibility index (Phi) is 4.15. The van der Waals surface area contributed by atoms with Gasteiger partial charge >= 0.3 is 5.97 Å². The van der Waals surface area contributed by atoms with Gasteiger partial charge in [-0.3, -0.25) is 4.79 Å². The van der Waals surface area contributed by atoms with Gasteiger partial charge in [0.2, 0.25) is 0 Å². The van der Waals surface area contributed by atoms with E-state index in [4.69, 9.17) is 9.47 Å². The number of hydrogen-bond donors (Lipinski definition) is 0. The molecule has 1 aromatic rings. The number of esters is 1. The van der Waals surface area contributed by atoms with Crippen molar-refractivity contribution in [3.05, 3.63) is 22.7 Å². The largest absolute Gasteiger partial charge is 0.491 e. The molecule has 0 bridgehead atoms. The number of ether oxygens (including phenoxy) is 2. The van der Waals surface area contributed by atoms with Crippen LogP contribution in [0, 0.1) is 0 Å². The predicted octanol–water partition coefficient (Wildman–Crippen LogP) is 3.16. The van der Waals surface area contributed by atoms with Crippen molar-refractivity contribution < 1.29 is 14.3 Å². The molecule has 0 radical (unpaired) electrons. The Labute approximate surface area is 97.5 Å². The minimum Gasteiger partial charge on any atom is -0.491 e. The summed E-state index contributed by atoms with van der Waals surface area (Å²) in [7, 11) is 0. The van der Waals surface area contributed by atoms with Gasteiger partial charge in [0.1, 0.15) is 11.5 Å². The van der Waals surface area contributed by atoms with Gasteiger partial charge in [-0.15, -0.1) is 0 Å². The smallest absolute Gasteiger partial charge is 0.308 e. The Morgan fingerprint density at radius 1 is 1.40 bits per heavy atom. The van der Waals surface area contributed by atoms with Crippen molar-refractivity contribution in [3.63, 3.8) is 0 Å². The van der Waals surface area contributed by atoms with E-state index in [9.17, 15) is 4.79 Å². The molecule has 0 amide bonds. The lowest BCUT2D eigenvalue weighted by molar-refractivity contribution is -0.131. The third-order valence-corrected chi connectivity index (χ3v) is 2.15. The van der Waals surface area contributed by atoms with Crippen molar-refractivity contribution in [2.24, 2.45) is 0 Å².